The van der Waals surface area contributed by atoms with Crippen LogP contribution in [0.15, 0.2) is 36.7 Å². The maximum absolute atomic E-state index is 12.3. The van der Waals surface area contributed by atoms with Crippen LogP contribution in [0.3, 0.4) is 0 Å². The summed E-state index contributed by atoms with van der Waals surface area (Å²) in [5, 5.41) is 0. The molecule has 3 heteroatoms. The second-order valence-electron chi connectivity index (χ2n) is 4.11. The molecule has 3 nitrogen and oxygen atoms in total. The van der Waals surface area contributed by atoms with Gasteiger partial charge >= 0.3 is 0 Å². The molecular formula is C14H14N2O. The Balaban J connectivity index is 2.48. The van der Waals surface area contributed by atoms with Gasteiger partial charge in [-0.15, -0.1) is 0 Å². The highest BCUT2D eigenvalue weighted by Crippen LogP contribution is 2.18. The molecule has 2 aromatic rings. The monoisotopic (exact) mass is 226 g/mol. The molecular weight excluding hydrogens is 212 g/mol. The number of nitrogen functional groups attached to an aromatic ring is 1. The zero-order valence-electron chi connectivity index (χ0n) is 9.90. The van der Waals surface area contributed by atoms with E-state index in [4.69, 9.17) is 5.73 Å². The first kappa shape index (κ1) is 11.3. The molecule has 0 amide bonds. The van der Waals surface area contributed by atoms with Crippen molar-refractivity contribution in [3.8, 4) is 0 Å². The lowest BCUT2D eigenvalue weighted by molar-refractivity contribution is 0.103. The predicted octanol–water partition coefficient (Wildman–Crippen LogP) is 2.51. The van der Waals surface area contributed by atoms with Crippen LogP contribution in [0.4, 0.5) is 5.69 Å². The third-order valence-corrected chi connectivity index (χ3v) is 2.72. The van der Waals surface area contributed by atoms with E-state index in [1.165, 1.54) is 6.20 Å². The molecule has 0 aliphatic carbocycles. The van der Waals surface area contributed by atoms with E-state index in [9.17, 15) is 4.79 Å². The van der Waals surface area contributed by atoms with Crippen molar-refractivity contribution in [1.82, 2.24) is 4.98 Å². The van der Waals surface area contributed by atoms with Gasteiger partial charge in [0.2, 0.25) is 0 Å². The Morgan fingerprint density at radius 3 is 2.59 bits per heavy atom. The molecule has 2 N–H and O–H groups in total. The van der Waals surface area contributed by atoms with Gasteiger partial charge in [-0.1, -0.05) is 23.8 Å². The average molecular weight is 226 g/mol. The number of hydrogen-bond donors (Lipinski definition) is 1. The van der Waals surface area contributed by atoms with Crippen molar-refractivity contribution in [2.75, 3.05) is 5.73 Å². The van der Waals surface area contributed by atoms with Crippen molar-refractivity contribution >= 4 is 11.5 Å². The Morgan fingerprint density at radius 2 is 1.94 bits per heavy atom. The highest BCUT2D eigenvalue weighted by Gasteiger charge is 2.14. The first-order valence-electron chi connectivity index (χ1n) is 5.41. The maximum atomic E-state index is 12.3. The van der Waals surface area contributed by atoms with E-state index in [0.717, 1.165) is 11.1 Å². The third-order valence-electron chi connectivity index (χ3n) is 2.72. The van der Waals surface area contributed by atoms with Gasteiger partial charge in [0.05, 0.1) is 11.9 Å². The molecule has 86 valence electrons. The van der Waals surface area contributed by atoms with Gasteiger partial charge in [-0.3, -0.25) is 9.78 Å². The van der Waals surface area contributed by atoms with Gasteiger partial charge in [0.25, 0.3) is 0 Å². The van der Waals surface area contributed by atoms with Crippen LogP contribution in [-0.4, -0.2) is 10.8 Å². The van der Waals surface area contributed by atoms with Crippen LogP contribution >= 0.6 is 0 Å². The van der Waals surface area contributed by atoms with Crippen molar-refractivity contribution in [1.29, 1.82) is 0 Å². The molecule has 0 atom stereocenters. The predicted molar refractivity (Wildman–Crippen MR) is 68.0 cm³/mol. The Hall–Kier alpha value is -2.16. The number of nitrogens with two attached hydrogens (primary N) is 1. The normalized spacial score (nSPS) is 10.2. The molecule has 0 saturated heterocycles. The van der Waals surface area contributed by atoms with Gasteiger partial charge in [0.1, 0.15) is 0 Å². The number of benzene rings is 1. The number of pyridine rings is 1. The molecule has 0 aliphatic rings. The first-order chi connectivity index (χ1) is 8.09. The molecule has 0 spiro atoms. The van der Waals surface area contributed by atoms with Crippen molar-refractivity contribution in [2.24, 2.45) is 0 Å². The quantitative estimate of drug-likeness (QED) is 0.800. The number of ketones is 1. The summed E-state index contributed by atoms with van der Waals surface area (Å²) in [5.74, 6) is -0.0533. The fourth-order valence-corrected chi connectivity index (χ4v) is 1.83. The van der Waals surface area contributed by atoms with Gasteiger partial charge in [0, 0.05) is 17.3 Å². The molecule has 1 heterocycles. The molecule has 17 heavy (non-hydrogen) atoms. The molecule has 0 aliphatic heterocycles. The number of aryl methyl sites for hydroxylation is 2. The minimum absolute atomic E-state index is 0.0533. The van der Waals surface area contributed by atoms with Crippen LogP contribution in [-0.2, 0) is 0 Å². The van der Waals surface area contributed by atoms with Crippen molar-refractivity contribution < 1.29 is 4.79 Å². The minimum atomic E-state index is -0.0533. The number of nitrogens with zero attached hydrogens (tertiary/aromatic N) is 1. The van der Waals surface area contributed by atoms with E-state index in [1.54, 1.807) is 12.3 Å². The van der Waals surface area contributed by atoms with Crippen LogP contribution in [0.5, 0.6) is 0 Å². The standard InChI is InChI=1S/C14H14N2O/c1-9-3-4-11(10(2)7-9)14(17)12-5-6-16-8-13(12)15/h3-8H,15H2,1-2H3. The van der Waals surface area contributed by atoms with Crippen molar-refractivity contribution in [3.63, 3.8) is 0 Å². The molecule has 2 rings (SSSR count). The Morgan fingerprint density at radius 1 is 1.18 bits per heavy atom. The van der Waals surface area contributed by atoms with Crippen LogP contribution in [0, 0.1) is 13.8 Å². The number of rotatable bonds is 2. The lowest BCUT2D eigenvalue weighted by Gasteiger charge is -2.07. The second kappa shape index (κ2) is 4.37. The summed E-state index contributed by atoms with van der Waals surface area (Å²) in [6, 6.07) is 7.41. The van der Waals surface area contributed by atoms with Crippen LogP contribution < -0.4 is 5.73 Å². The summed E-state index contributed by atoms with van der Waals surface area (Å²) in [6.45, 7) is 3.93. The Bertz CT molecular complexity index is 576. The Kier molecular flexibility index (Phi) is 2.91. The number of carbonyl (C=O) groups is 1. The van der Waals surface area contributed by atoms with Gasteiger partial charge in [0.15, 0.2) is 5.78 Å². The molecule has 0 bridgehead atoms. The van der Waals surface area contributed by atoms with E-state index in [2.05, 4.69) is 4.98 Å². The minimum Gasteiger partial charge on any atom is -0.397 e. The van der Waals surface area contributed by atoms with Gasteiger partial charge in [-0.25, -0.2) is 0 Å². The number of anilines is 1. The third kappa shape index (κ3) is 2.18. The number of carbonyl (C=O) groups excluding carboxylic acids is 1. The van der Waals surface area contributed by atoms with E-state index >= 15 is 0 Å². The van der Waals surface area contributed by atoms with Crippen LogP contribution in [0.1, 0.15) is 27.0 Å². The highest BCUT2D eigenvalue weighted by molar-refractivity contribution is 6.12. The van der Waals surface area contributed by atoms with E-state index in [-0.39, 0.29) is 5.78 Å². The summed E-state index contributed by atoms with van der Waals surface area (Å²) in [4.78, 5) is 16.2. The van der Waals surface area contributed by atoms with E-state index < -0.39 is 0 Å². The highest BCUT2D eigenvalue weighted by atomic mass is 16.1. The largest absolute Gasteiger partial charge is 0.397 e. The summed E-state index contributed by atoms with van der Waals surface area (Å²) < 4.78 is 0. The Labute approximate surface area is 100 Å². The van der Waals surface area contributed by atoms with Gasteiger partial charge in [-0.05, 0) is 25.5 Å². The SMILES string of the molecule is Cc1ccc(C(=O)c2ccncc2N)c(C)c1. The zero-order valence-corrected chi connectivity index (χ0v) is 9.90. The summed E-state index contributed by atoms with van der Waals surface area (Å²) in [5.41, 5.74) is 9.47. The van der Waals surface area contributed by atoms with Crippen LogP contribution in [0.25, 0.3) is 0 Å². The smallest absolute Gasteiger partial charge is 0.195 e. The molecule has 1 aromatic carbocycles. The topological polar surface area (TPSA) is 56.0 Å². The van der Waals surface area contributed by atoms with Crippen molar-refractivity contribution in [2.45, 2.75) is 13.8 Å². The molecule has 0 saturated carbocycles. The van der Waals surface area contributed by atoms with Crippen LogP contribution in [0.2, 0.25) is 0 Å². The molecule has 0 unspecified atom stereocenters. The number of aromatic nitrogens is 1. The molecule has 0 fully saturated rings. The fraction of sp³-hybridized carbons (Fsp3) is 0.143. The maximum Gasteiger partial charge on any atom is 0.195 e. The zero-order chi connectivity index (χ0) is 12.4. The summed E-state index contributed by atoms with van der Waals surface area (Å²) in [6.07, 6.45) is 3.07. The number of hydrogen-bond acceptors (Lipinski definition) is 3. The second-order valence-corrected chi connectivity index (χ2v) is 4.11. The van der Waals surface area contributed by atoms with Gasteiger partial charge in [-0.2, -0.15) is 0 Å². The lowest BCUT2D eigenvalue weighted by atomic mass is 9.97. The fourth-order valence-electron chi connectivity index (χ4n) is 1.83. The summed E-state index contributed by atoms with van der Waals surface area (Å²) >= 11 is 0. The van der Waals surface area contributed by atoms with E-state index in [0.29, 0.717) is 16.8 Å². The van der Waals surface area contributed by atoms with Gasteiger partial charge < -0.3 is 5.73 Å². The first-order valence-corrected chi connectivity index (χ1v) is 5.41. The van der Waals surface area contributed by atoms with Crippen molar-refractivity contribution in [3.05, 3.63) is 58.9 Å². The molecule has 0 radical (unpaired) electrons. The average Bonchev–Trinajstić information content (AvgIpc) is 2.29. The van der Waals surface area contributed by atoms with E-state index in [1.807, 2.05) is 32.0 Å². The lowest BCUT2D eigenvalue weighted by Crippen LogP contribution is -2.07. The molecule has 1 aromatic heterocycles. The summed E-state index contributed by atoms with van der Waals surface area (Å²) in [7, 11) is 0.